The van der Waals surface area contributed by atoms with E-state index in [4.69, 9.17) is 0 Å². The highest BCUT2D eigenvalue weighted by Gasteiger charge is 2.13. The molecule has 0 amide bonds. The molecule has 0 heterocycles. The number of rotatable bonds is 6. The molecule has 0 fully saturated rings. The van der Waals surface area contributed by atoms with Crippen LogP contribution in [-0.2, 0) is 4.79 Å². The molecule has 0 aliphatic heterocycles. The van der Waals surface area contributed by atoms with Gasteiger partial charge in [-0.3, -0.25) is 0 Å². The second kappa shape index (κ2) is 6.48. The van der Waals surface area contributed by atoms with Crippen LogP contribution < -0.4 is 0 Å². The molecule has 0 aliphatic carbocycles. The molecule has 0 saturated heterocycles. The Morgan fingerprint density at radius 1 is 1.12 bits per heavy atom. The minimum atomic E-state index is -0.898. The lowest BCUT2D eigenvalue weighted by Crippen LogP contribution is -2.03. The zero-order valence-electron chi connectivity index (χ0n) is 9.73. The van der Waals surface area contributed by atoms with Crippen LogP contribution in [0.4, 0.5) is 0 Å². The van der Waals surface area contributed by atoms with Gasteiger partial charge < -0.3 is 5.11 Å². The van der Waals surface area contributed by atoms with Gasteiger partial charge in [-0.2, -0.15) is 0 Å². The summed E-state index contributed by atoms with van der Waals surface area (Å²) in [7, 11) is 0. The van der Waals surface area contributed by atoms with Crippen molar-refractivity contribution in [1.82, 2.24) is 0 Å². The van der Waals surface area contributed by atoms with Gasteiger partial charge in [0.1, 0.15) is 0 Å². The maximum atomic E-state index is 11.2. The molecule has 0 aliphatic rings. The first kappa shape index (κ1) is 13.0. The summed E-state index contributed by atoms with van der Waals surface area (Å²) in [5, 5.41) is 9.22. The van der Waals surface area contributed by atoms with Crippen molar-refractivity contribution in [2.45, 2.75) is 12.8 Å². The molecule has 0 saturated carbocycles. The van der Waals surface area contributed by atoms with Gasteiger partial charge >= 0.3 is 5.97 Å². The van der Waals surface area contributed by atoms with Gasteiger partial charge in [0.05, 0.1) is 0 Å². The van der Waals surface area contributed by atoms with E-state index in [0.717, 1.165) is 11.1 Å². The van der Waals surface area contributed by atoms with Gasteiger partial charge in [0.15, 0.2) is 0 Å². The number of carbonyl (C=O) groups is 1. The molecule has 0 spiro atoms. The fourth-order valence-corrected chi connectivity index (χ4v) is 1.68. The van der Waals surface area contributed by atoms with Gasteiger partial charge in [0.25, 0.3) is 0 Å². The fraction of sp³-hybridized carbons (Fsp3) is 0.133. The highest BCUT2D eigenvalue weighted by atomic mass is 16.4. The Morgan fingerprint density at radius 2 is 1.71 bits per heavy atom. The molecule has 0 bridgehead atoms. The molecule has 1 rings (SSSR count). The van der Waals surface area contributed by atoms with Crippen molar-refractivity contribution in [2.75, 3.05) is 0 Å². The number of aliphatic carboxylic acids is 1. The second-order valence-corrected chi connectivity index (χ2v) is 3.61. The number of allylic oxidation sites excluding steroid dienone is 3. The van der Waals surface area contributed by atoms with Crippen LogP contribution >= 0.6 is 0 Å². The van der Waals surface area contributed by atoms with Gasteiger partial charge in [-0.05, 0) is 24.0 Å². The fourth-order valence-electron chi connectivity index (χ4n) is 1.68. The monoisotopic (exact) mass is 228 g/mol. The van der Waals surface area contributed by atoms with Crippen LogP contribution in [0.3, 0.4) is 0 Å². The molecular formula is C15H16O2. The average molecular weight is 228 g/mol. The molecule has 2 nitrogen and oxygen atoms in total. The summed E-state index contributed by atoms with van der Waals surface area (Å²) in [4.78, 5) is 11.2. The van der Waals surface area contributed by atoms with Crippen molar-refractivity contribution in [1.29, 1.82) is 0 Å². The lowest BCUT2D eigenvalue weighted by molar-refractivity contribution is -0.132. The SMILES string of the molecule is C=CCC(C(=O)O)=C(CC=C)c1ccccc1. The minimum Gasteiger partial charge on any atom is -0.478 e. The number of hydrogen-bond acceptors (Lipinski definition) is 1. The predicted octanol–water partition coefficient (Wildman–Crippen LogP) is 3.68. The Labute approximate surface area is 102 Å². The standard InChI is InChI=1S/C15H16O2/c1-3-8-13(12-10-6-5-7-11-12)14(9-4-2)15(16)17/h3-7,10-11H,1-2,8-9H2,(H,16,17). The Morgan fingerprint density at radius 3 is 2.18 bits per heavy atom. The number of hydrogen-bond donors (Lipinski definition) is 1. The lowest BCUT2D eigenvalue weighted by atomic mass is 9.95. The molecule has 0 aromatic heterocycles. The van der Waals surface area contributed by atoms with Crippen LogP contribution in [0.1, 0.15) is 18.4 Å². The lowest BCUT2D eigenvalue weighted by Gasteiger charge is -2.10. The van der Waals surface area contributed by atoms with E-state index in [9.17, 15) is 9.90 Å². The van der Waals surface area contributed by atoms with Crippen LogP contribution in [0.2, 0.25) is 0 Å². The molecule has 1 aromatic carbocycles. The Balaban J connectivity index is 3.30. The van der Waals surface area contributed by atoms with Crippen LogP contribution in [0, 0.1) is 0 Å². The Hall–Kier alpha value is -2.09. The summed E-state index contributed by atoms with van der Waals surface area (Å²) in [5.74, 6) is -0.898. The highest BCUT2D eigenvalue weighted by molar-refractivity contribution is 5.96. The van der Waals surface area contributed by atoms with Crippen LogP contribution in [-0.4, -0.2) is 11.1 Å². The van der Waals surface area contributed by atoms with Gasteiger partial charge in [-0.1, -0.05) is 42.5 Å². The summed E-state index contributed by atoms with van der Waals surface area (Å²) in [6, 6.07) is 9.51. The number of carboxylic acid groups (broad SMARTS) is 1. The number of carboxylic acids is 1. The van der Waals surface area contributed by atoms with Crippen molar-refractivity contribution in [3.63, 3.8) is 0 Å². The minimum absolute atomic E-state index is 0.355. The third-order valence-electron chi connectivity index (χ3n) is 2.44. The van der Waals surface area contributed by atoms with Crippen molar-refractivity contribution >= 4 is 11.5 Å². The van der Waals surface area contributed by atoms with E-state index in [1.165, 1.54) is 0 Å². The van der Waals surface area contributed by atoms with Gasteiger partial charge in [0, 0.05) is 5.57 Å². The molecule has 17 heavy (non-hydrogen) atoms. The van der Waals surface area contributed by atoms with Crippen LogP contribution in [0.15, 0.2) is 61.2 Å². The average Bonchev–Trinajstić information content (AvgIpc) is 2.34. The van der Waals surface area contributed by atoms with Crippen LogP contribution in [0.25, 0.3) is 5.57 Å². The summed E-state index contributed by atoms with van der Waals surface area (Å²) >= 11 is 0. The quantitative estimate of drug-likeness (QED) is 0.595. The molecule has 0 radical (unpaired) electrons. The van der Waals surface area contributed by atoms with Crippen molar-refractivity contribution in [3.05, 3.63) is 66.8 Å². The van der Waals surface area contributed by atoms with E-state index in [1.54, 1.807) is 12.2 Å². The van der Waals surface area contributed by atoms with Crippen molar-refractivity contribution in [3.8, 4) is 0 Å². The van der Waals surface area contributed by atoms with Crippen molar-refractivity contribution in [2.24, 2.45) is 0 Å². The first-order valence-corrected chi connectivity index (χ1v) is 5.43. The van der Waals surface area contributed by atoms with Gasteiger partial charge in [0.2, 0.25) is 0 Å². The maximum absolute atomic E-state index is 11.2. The van der Waals surface area contributed by atoms with E-state index in [-0.39, 0.29) is 0 Å². The summed E-state index contributed by atoms with van der Waals surface area (Å²) in [6.45, 7) is 7.27. The summed E-state index contributed by atoms with van der Waals surface area (Å²) in [6.07, 6.45) is 4.22. The third-order valence-corrected chi connectivity index (χ3v) is 2.44. The third kappa shape index (κ3) is 3.45. The first-order valence-electron chi connectivity index (χ1n) is 5.43. The number of benzene rings is 1. The van der Waals surface area contributed by atoms with Crippen LogP contribution in [0.5, 0.6) is 0 Å². The normalized spacial score (nSPS) is 11.5. The summed E-state index contributed by atoms with van der Waals surface area (Å²) < 4.78 is 0. The molecule has 1 N–H and O–H groups in total. The largest absolute Gasteiger partial charge is 0.478 e. The van der Waals surface area contributed by atoms with Gasteiger partial charge in [-0.15, -0.1) is 13.2 Å². The maximum Gasteiger partial charge on any atom is 0.332 e. The second-order valence-electron chi connectivity index (χ2n) is 3.61. The Kier molecular flexibility index (Phi) is 4.95. The first-order chi connectivity index (χ1) is 8.20. The topological polar surface area (TPSA) is 37.3 Å². The Bertz CT molecular complexity index is 441. The van der Waals surface area contributed by atoms with E-state index >= 15 is 0 Å². The molecule has 88 valence electrons. The van der Waals surface area contributed by atoms with E-state index in [2.05, 4.69) is 13.2 Å². The smallest absolute Gasteiger partial charge is 0.332 e. The van der Waals surface area contributed by atoms with E-state index < -0.39 is 5.97 Å². The van der Waals surface area contributed by atoms with E-state index in [0.29, 0.717) is 18.4 Å². The zero-order chi connectivity index (χ0) is 12.7. The molecule has 0 atom stereocenters. The van der Waals surface area contributed by atoms with Crippen molar-refractivity contribution < 1.29 is 9.90 Å². The zero-order valence-corrected chi connectivity index (χ0v) is 9.73. The highest BCUT2D eigenvalue weighted by Crippen LogP contribution is 2.25. The van der Waals surface area contributed by atoms with E-state index in [1.807, 2.05) is 30.3 Å². The predicted molar refractivity (Wildman–Crippen MR) is 70.6 cm³/mol. The summed E-state index contributed by atoms with van der Waals surface area (Å²) in [5.41, 5.74) is 2.10. The molecule has 0 unspecified atom stereocenters. The molecule has 2 heteroatoms. The molecular weight excluding hydrogens is 212 g/mol. The molecule has 1 aromatic rings. The van der Waals surface area contributed by atoms with Gasteiger partial charge in [-0.25, -0.2) is 4.79 Å².